The molecule has 2 N–H and O–H groups in total. The summed E-state index contributed by atoms with van der Waals surface area (Å²) in [7, 11) is 0. The minimum atomic E-state index is -0.499. The van der Waals surface area contributed by atoms with Gasteiger partial charge >= 0.3 is 0 Å². The lowest BCUT2D eigenvalue weighted by atomic mass is 10.1. The highest BCUT2D eigenvalue weighted by Gasteiger charge is 2.54. The fraction of sp³-hybridized carbons (Fsp3) is 0.375. The second kappa shape index (κ2) is 10.0. The van der Waals surface area contributed by atoms with Gasteiger partial charge in [-0.15, -0.1) is 0 Å². The third-order valence-electron chi connectivity index (χ3n) is 6.29. The van der Waals surface area contributed by atoms with Gasteiger partial charge in [0.25, 0.3) is 0 Å². The maximum atomic E-state index is 13.6. The summed E-state index contributed by atoms with van der Waals surface area (Å²) < 4.78 is 25.2. The van der Waals surface area contributed by atoms with E-state index in [2.05, 4.69) is 36.5 Å². The van der Waals surface area contributed by atoms with Crippen molar-refractivity contribution in [3.8, 4) is 5.75 Å². The quantitative estimate of drug-likeness (QED) is 0.341. The first-order valence-electron chi connectivity index (χ1n) is 11.1. The van der Waals surface area contributed by atoms with Crippen LogP contribution in [0.15, 0.2) is 36.7 Å². The molecule has 3 aromatic rings. The lowest BCUT2D eigenvalue weighted by Gasteiger charge is -2.16. The van der Waals surface area contributed by atoms with E-state index in [1.54, 1.807) is 12.1 Å². The van der Waals surface area contributed by atoms with Crippen LogP contribution in [0.4, 0.5) is 21.6 Å². The molecule has 2 aliphatic rings. The van der Waals surface area contributed by atoms with E-state index < -0.39 is 5.82 Å². The van der Waals surface area contributed by atoms with E-state index in [9.17, 15) is 9.18 Å². The molecule has 10 heteroatoms. The van der Waals surface area contributed by atoms with Crippen molar-refractivity contribution < 1.29 is 18.7 Å². The Morgan fingerprint density at radius 3 is 2.82 bits per heavy atom. The number of hydrogen-bond acceptors (Lipinski definition) is 6. The van der Waals surface area contributed by atoms with Crippen molar-refractivity contribution in [2.45, 2.75) is 12.8 Å². The average Bonchev–Trinajstić information content (AvgIpc) is 3.24. The number of amides is 1. The number of carbonyl (C=O) groups is 1. The first kappa shape index (κ1) is 23.3. The Morgan fingerprint density at radius 2 is 2.06 bits per heavy atom. The van der Waals surface area contributed by atoms with Crippen molar-refractivity contribution in [1.29, 1.82) is 0 Å². The molecule has 1 amide bonds. The molecule has 1 aromatic heterocycles. The molecule has 2 fully saturated rings. The zero-order chi connectivity index (χ0) is 23.7. The highest BCUT2D eigenvalue weighted by molar-refractivity contribution is 9.09. The molecule has 1 aliphatic heterocycles. The van der Waals surface area contributed by atoms with E-state index in [4.69, 9.17) is 21.1 Å². The summed E-state index contributed by atoms with van der Waals surface area (Å²) in [6.07, 6.45) is 2.55. The number of ether oxygens (including phenoxy) is 2. The molecule has 7 nitrogen and oxygen atoms in total. The maximum Gasteiger partial charge on any atom is 0.224 e. The van der Waals surface area contributed by atoms with Crippen molar-refractivity contribution in [2.24, 2.45) is 17.8 Å². The molecule has 1 saturated heterocycles. The van der Waals surface area contributed by atoms with Gasteiger partial charge in [-0.3, -0.25) is 4.79 Å². The molecule has 0 bridgehead atoms. The van der Waals surface area contributed by atoms with E-state index in [1.807, 2.05) is 6.07 Å². The Labute approximate surface area is 209 Å². The summed E-state index contributed by atoms with van der Waals surface area (Å²) in [5, 5.41) is 7.57. The summed E-state index contributed by atoms with van der Waals surface area (Å²) in [6.45, 7) is 2.16. The second-order valence-corrected chi connectivity index (χ2v) is 9.72. The summed E-state index contributed by atoms with van der Waals surface area (Å²) in [5.74, 6) is 2.09. The molecule has 1 aliphatic carbocycles. The number of anilines is 3. The van der Waals surface area contributed by atoms with Crippen molar-refractivity contribution in [2.75, 3.05) is 35.8 Å². The van der Waals surface area contributed by atoms with Crippen LogP contribution in [0.1, 0.15) is 12.8 Å². The van der Waals surface area contributed by atoms with E-state index >= 15 is 0 Å². The highest BCUT2D eigenvalue weighted by atomic mass is 79.9. The standard InChI is InChI=1S/C24H23BrClFN4O3/c25-5-1-2-23(32)31-21-7-14-20(8-22(21)34-11-17-15-9-33-10-16(15)17)28-12-29-24(14)30-13-3-4-19(27)18(26)6-13/h3-4,6-8,12,15-17H,1-2,5,9-11H2,(H,31,32)(H,28,29,30)/t15-,16+,17?. The van der Waals surface area contributed by atoms with Gasteiger partial charge in [-0.2, -0.15) is 0 Å². The van der Waals surface area contributed by atoms with E-state index in [1.165, 1.54) is 18.5 Å². The Balaban J connectivity index is 1.44. The number of fused-ring (bicyclic) bond motifs is 2. The van der Waals surface area contributed by atoms with Gasteiger partial charge in [-0.1, -0.05) is 27.5 Å². The van der Waals surface area contributed by atoms with Crippen LogP contribution in [0, 0.1) is 23.6 Å². The first-order valence-corrected chi connectivity index (χ1v) is 12.6. The second-order valence-electron chi connectivity index (χ2n) is 8.52. The molecule has 2 aromatic carbocycles. The predicted molar refractivity (Wildman–Crippen MR) is 133 cm³/mol. The number of alkyl halides is 1. The minimum absolute atomic E-state index is 0.00837. The number of carbonyl (C=O) groups excluding carboxylic acids is 1. The van der Waals surface area contributed by atoms with Crippen molar-refractivity contribution in [3.05, 3.63) is 47.5 Å². The van der Waals surface area contributed by atoms with Crippen LogP contribution >= 0.6 is 27.5 Å². The number of nitrogens with one attached hydrogen (secondary N) is 2. The highest BCUT2D eigenvalue weighted by Crippen LogP contribution is 2.51. The van der Waals surface area contributed by atoms with Crippen molar-refractivity contribution in [3.63, 3.8) is 0 Å². The van der Waals surface area contributed by atoms with Crippen LogP contribution in [-0.4, -0.2) is 41.0 Å². The average molecular weight is 550 g/mol. The van der Waals surface area contributed by atoms with Crippen LogP contribution in [0.25, 0.3) is 10.9 Å². The number of rotatable bonds is 9. The molecule has 3 atom stereocenters. The Kier molecular flexibility index (Phi) is 6.85. The maximum absolute atomic E-state index is 13.6. The molecule has 1 unspecified atom stereocenters. The van der Waals surface area contributed by atoms with Crippen molar-refractivity contribution >= 4 is 61.5 Å². The molecule has 178 valence electrons. The lowest BCUT2D eigenvalue weighted by Crippen LogP contribution is -2.14. The van der Waals surface area contributed by atoms with Gasteiger partial charge in [0.15, 0.2) is 0 Å². The molecule has 34 heavy (non-hydrogen) atoms. The normalized spacial score (nSPS) is 20.7. The molecule has 0 spiro atoms. The zero-order valence-electron chi connectivity index (χ0n) is 18.2. The fourth-order valence-electron chi connectivity index (χ4n) is 4.34. The minimum Gasteiger partial charge on any atom is -0.491 e. The molecular weight excluding hydrogens is 527 g/mol. The largest absolute Gasteiger partial charge is 0.491 e. The van der Waals surface area contributed by atoms with Crippen LogP contribution < -0.4 is 15.4 Å². The third kappa shape index (κ3) is 4.96. The van der Waals surface area contributed by atoms with Crippen LogP contribution in [0.3, 0.4) is 0 Å². The van der Waals surface area contributed by atoms with Gasteiger partial charge in [0.2, 0.25) is 5.91 Å². The molecule has 5 rings (SSSR count). The van der Waals surface area contributed by atoms with Gasteiger partial charge in [0.05, 0.1) is 36.0 Å². The SMILES string of the molecule is O=C(CCCBr)Nc1cc2c(Nc3ccc(F)c(Cl)c3)ncnc2cc1OCC1[C@H]2COC[C@@H]12. The summed E-state index contributed by atoms with van der Waals surface area (Å²) in [6, 6.07) is 7.97. The monoisotopic (exact) mass is 548 g/mol. The predicted octanol–water partition coefficient (Wildman–Crippen LogP) is 5.55. The Hall–Kier alpha value is -2.49. The Bertz CT molecular complexity index is 1220. The van der Waals surface area contributed by atoms with E-state index in [-0.39, 0.29) is 10.9 Å². The topological polar surface area (TPSA) is 85.4 Å². The van der Waals surface area contributed by atoms with Gasteiger partial charge in [0, 0.05) is 34.8 Å². The molecule has 1 saturated carbocycles. The van der Waals surface area contributed by atoms with E-state index in [0.29, 0.717) is 64.6 Å². The Morgan fingerprint density at radius 1 is 1.24 bits per heavy atom. The van der Waals surface area contributed by atoms with Gasteiger partial charge in [-0.05, 0) is 42.5 Å². The van der Waals surface area contributed by atoms with Gasteiger partial charge < -0.3 is 20.1 Å². The van der Waals surface area contributed by atoms with Crippen LogP contribution in [-0.2, 0) is 9.53 Å². The third-order valence-corrected chi connectivity index (χ3v) is 7.14. The first-order chi connectivity index (χ1) is 16.5. The molecular formula is C24H23BrClFN4O3. The fourth-order valence-corrected chi connectivity index (χ4v) is 4.80. The number of benzene rings is 2. The molecule has 0 radical (unpaired) electrons. The number of hydrogen-bond donors (Lipinski definition) is 2. The zero-order valence-corrected chi connectivity index (χ0v) is 20.5. The summed E-state index contributed by atoms with van der Waals surface area (Å²) in [5.41, 5.74) is 1.79. The molecule has 2 heterocycles. The van der Waals surface area contributed by atoms with Gasteiger partial charge in [-0.25, -0.2) is 14.4 Å². The van der Waals surface area contributed by atoms with Gasteiger partial charge in [0.1, 0.15) is 23.7 Å². The smallest absolute Gasteiger partial charge is 0.224 e. The summed E-state index contributed by atoms with van der Waals surface area (Å²) >= 11 is 9.28. The lowest BCUT2D eigenvalue weighted by molar-refractivity contribution is -0.116. The number of aromatic nitrogens is 2. The van der Waals surface area contributed by atoms with Crippen LogP contribution in [0.5, 0.6) is 5.75 Å². The summed E-state index contributed by atoms with van der Waals surface area (Å²) in [4.78, 5) is 21.2. The van der Waals surface area contributed by atoms with E-state index in [0.717, 1.165) is 25.0 Å². The number of halogens is 3. The van der Waals surface area contributed by atoms with Crippen LogP contribution in [0.2, 0.25) is 5.02 Å². The van der Waals surface area contributed by atoms with Crippen molar-refractivity contribution in [1.82, 2.24) is 9.97 Å². The number of nitrogens with zero attached hydrogens (tertiary/aromatic N) is 2.